The molecule has 0 saturated carbocycles. The van der Waals surface area contributed by atoms with Crippen LogP contribution in [0.25, 0.3) is 0 Å². The Labute approximate surface area is 177 Å². The molecule has 0 aromatic heterocycles. The smallest absolute Gasteiger partial charge is 0.371 e. The van der Waals surface area contributed by atoms with Gasteiger partial charge in [0.05, 0.1) is 23.8 Å². The molecule has 1 fully saturated rings. The van der Waals surface area contributed by atoms with E-state index in [9.17, 15) is 40.6 Å². The molecule has 2 amide bonds. The number of hydrogen-bond acceptors (Lipinski definition) is 3. The SMILES string of the molecule is C[C@@H](OC[C@]1(c2ccc(F)cc2)NC(=O)N[C@H]1O)c1cc(C(F)(F)F)cc(C(F)(F)F)c1. The Morgan fingerprint density at radius 2 is 1.56 bits per heavy atom. The first kappa shape index (κ1) is 23.8. The van der Waals surface area contributed by atoms with E-state index in [4.69, 9.17) is 4.74 Å². The van der Waals surface area contributed by atoms with Gasteiger partial charge in [0.2, 0.25) is 0 Å². The molecule has 0 radical (unpaired) electrons. The topological polar surface area (TPSA) is 70.6 Å². The Bertz CT molecular complexity index is 960. The van der Waals surface area contributed by atoms with Gasteiger partial charge < -0.3 is 20.5 Å². The third kappa shape index (κ3) is 4.80. The summed E-state index contributed by atoms with van der Waals surface area (Å²) in [6.07, 6.45) is -12.9. The van der Waals surface area contributed by atoms with Crippen molar-refractivity contribution in [3.05, 3.63) is 70.5 Å². The molecule has 0 unspecified atom stereocenters. The zero-order valence-corrected chi connectivity index (χ0v) is 16.3. The highest BCUT2D eigenvalue weighted by Crippen LogP contribution is 2.38. The molecule has 1 saturated heterocycles. The monoisotopic (exact) mass is 466 g/mol. The third-order valence-electron chi connectivity index (χ3n) is 5.07. The number of carbonyl (C=O) groups excluding carboxylic acids is 1. The van der Waals surface area contributed by atoms with E-state index in [0.29, 0.717) is 12.1 Å². The zero-order chi connectivity index (χ0) is 23.9. The second-order valence-electron chi connectivity index (χ2n) is 7.27. The van der Waals surface area contributed by atoms with Crippen molar-refractivity contribution in [1.82, 2.24) is 10.6 Å². The van der Waals surface area contributed by atoms with E-state index in [2.05, 4.69) is 10.6 Å². The molecular weight excluding hydrogens is 449 g/mol. The minimum absolute atomic E-state index is 0.00109. The number of hydrogen-bond donors (Lipinski definition) is 3. The molecule has 2 aromatic rings. The number of nitrogens with one attached hydrogen (secondary N) is 2. The zero-order valence-electron chi connectivity index (χ0n) is 16.3. The predicted molar refractivity (Wildman–Crippen MR) is 96.6 cm³/mol. The largest absolute Gasteiger partial charge is 0.416 e. The Hall–Kier alpha value is -2.86. The summed E-state index contributed by atoms with van der Waals surface area (Å²) in [7, 11) is 0. The van der Waals surface area contributed by atoms with Gasteiger partial charge in [-0.15, -0.1) is 0 Å². The summed E-state index contributed by atoms with van der Waals surface area (Å²) in [5.74, 6) is -0.603. The number of rotatable bonds is 5. The molecule has 3 atom stereocenters. The van der Waals surface area contributed by atoms with Crippen LogP contribution in [0.15, 0.2) is 42.5 Å². The highest BCUT2D eigenvalue weighted by molar-refractivity contribution is 5.78. The number of aliphatic hydroxyl groups excluding tert-OH is 1. The summed E-state index contributed by atoms with van der Waals surface area (Å²) in [5.41, 5.74) is -4.86. The molecule has 3 rings (SSSR count). The van der Waals surface area contributed by atoms with Crippen molar-refractivity contribution in [2.45, 2.75) is 37.1 Å². The Morgan fingerprint density at radius 1 is 1.03 bits per heavy atom. The summed E-state index contributed by atoms with van der Waals surface area (Å²) in [4.78, 5) is 11.8. The average molecular weight is 466 g/mol. The minimum atomic E-state index is -5.02. The van der Waals surface area contributed by atoms with Gasteiger partial charge >= 0.3 is 18.4 Å². The van der Waals surface area contributed by atoms with Crippen molar-refractivity contribution in [2.24, 2.45) is 0 Å². The lowest BCUT2D eigenvalue weighted by molar-refractivity contribution is -0.143. The summed E-state index contributed by atoms with van der Waals surface area (Å²) in [6, 6.07) is 4.90. The molecular formula is C20H17F7N2O3. The standard InChI is InChI=1S/C20H17F7N2O3/c1-10(11-6-13(19(22,23)24)8-14(7-11)20(25,26)27)32-9-18(16(30)28-17(31)29-18)12-2-4-15(21)5-3-12/h2-8,10,16,30H,9H2,1H3,(H2,28,29,31)/t10-,16+,18-/m1/s1. The van der Waals surface area contributed by atoms with Crippen molar-refractivity contribution in [1.29, 1.82) is 0 Å². The molecule has 0 bridgehead atoms. The van der Waals surface area contributed by atoms with Gasteiger partial charge in [-0.05, 0) is 48.4 Å². The number of benzene rings is 2. The summed E-state index contributed by atoms with van der Waals surface area (Å²) >= 11 is 0. The molecule has 1 heterocycles. The van der Waals surface area contributed by atoms with Gasteiger partial charge in [0, 0.05) is 0 Å². The average Bonchev–Trinajstić information content (AvgIpc) is 2.99. The minimum Gasteiger partial charge on any atom is -0.371 e. The lowest BCUT2D eigenvalue weighted by Crippen LogP contribution is -2.50. The number of carbonyl (C=O) groups is 1. The van der Waals surface area contributed by atoms with Gasteiger partial charge in [-0.25, -0.2) is 9.18 Å². The van der Waals surface area contributed by atoms with E-state index in [1.54, 1.807) is 0 Å². The van der Waals surface area contributed by atoms with Crippen LogP contribution < -0.4 is 10.6 Å². The van der Waals surface area contributed by atoms with Crippen LogP contribution in [-0.4, -0.2) is 24.0 Å². The van der Waals surface area contributed by atoms with Crippen LogP contribution in [0.1, 0.15) is 35.3 Å². The normalized spacial score (nSPS) is 22.4. The first-order chi connectivity index (χ1) is 14.7. The van der Waals surface area contributed by atoms with Crippen LogP contribution in [0.3, 0.4) is 0 Å². The molecule has 0 aliphatic carbocycles. The number of urea groups is 1. The van der Waals surface area contributed by atoms with Crippen molar-refractivity contribution in [3.8, 4) is 0 Å². The Kier molecular flexibility index (Phi) is 6.13. The Balaban J connectivity index is 1.92. The quantitative estimate of drug-likeness (QED) is 0.570. The molecule has 0 spiro atoms. The highest BCUT2D eigenvalue weighted by Gasteiger charge is 2.48. The van der Waals surface area contributed by atoms with Crippen LogP contribution in [0.4, 0.5) is 35.5 Å². The number of amides is 2. The third-order valence-corrected chi connectivity index (χ3v) is 5.07. The van der Waals surface area contributed by atoms with Gasteiger partial charge in [0.15, 0.2) is 6.23 Å². The molecule has 174 valence electrons. The maximum atomic E-state index is 13.3. The first-order valence-corrected chi connectivity index (χ1v) is 9.16. The number of ether oxygens (including phenoxy) is 1. The van der Waals surface area contributed by atoms with Crippen LogP contribution in [-0.2, 0) is 22.6 Å². The van der Waals surface area contributed by atoms with Gasteiger partial charge in [-0.3, -0.25) is 0 Å². The molecule has 5 nitrogen and oxygen atoms in total. The Morgan fingerprint density at radius 3 is 2.00 bits per heavy atom. The molecule has 1 aliphatic heterocycles. The molecule has 12 heteroatoms. The summed E-state index contributed by atoms with van der Waals surface area (Å²) in [5, 5.41) is 15.0. The van der Waals surface area contributed by atoms with E-state index >= 15 is 0 Å². The maximum absolute atomic E-state index is 13.3. The van der Waals surface area contributed by atoms with Crippen molar-refractivity contribution >= 4 is 6.03 Å². The fraction of sp³-hybridized carbons (Fsp3) is 0.350. The summed E-state index contributed by atoms with van der Waals surface area (Å²) in [6.45, 7) is 0.682. The fourth-order valence-corrected chi connectivity index (χ4v) is 3.30. The van der Waals surface area contributed by atoms with Crippen LogP contribution in [0, 0.1) is 5.82 Å². The van der Waals surface area contributed by atoms with E-state index < -0.39 is 65.4 Å². The van der Waals surface area contributed by atoms with Crippen molar-refractivity contribution in [3.63, 3.8) is 0 Å². The molecule has 1 aliphatic rings. The van der Waals surface area contributed by atoms with Gasteiger partial charge in [0.1, 0.15) is 11.4 Å². The highest BCUT2D eigenvalue weighted by atomic mass is 19.4. The fourth-order valence-electron chi connectivity index (χ4n) is 3.30. The second kappa shape index (κ2) is 8.24. The predicted octanol–water partition coefficient (Wildman–Crippen LogP) is 4.47. The van der Waals surface area contributed by atoms with Crippen LogP contribution >= 0.6 is 0 Å². The molecule has 3 N–H and O–H groups in total. The second-order valence-corrected chi connectivity index (χ2v) is 7.27. The van der Waals surface area contributed by atoms with Crippen molar-refractivity contribution < 1.29 is 45.4 Å². The lowest BCUT2D eigenvalue weighted by atomic mass is 9.89. The number of aliphatic hydroxyl groups is 1. The molecule has 2 aromatic carbocycles. The van der Waals surface area contributed by atoms with Crippen LogP contribution in [0.5, 0.6) is 0 Å². The van der Waals surface area contributed by atoms with Gasteiger partial charge in [-0.2, -0.15) is 26.3 Å². The van der Waals surface area contributed by atoms with Crippen molar-refractivity contribution in [2.75, 3.05) is 6.61 Å². The van der Waals surface area contributed by atoms with Gasteiger partial charge in [-0.1, -0.05) is 12.1 Å². The van der Waals surface area contributed by atoms with Crippen LogP contribution in [0.2, 0.25) is 0 Å². The van der Waals surface area contributed by atoms with Gasteiger partial charge in [0.25, 0.3) is 0 Å². The van der Waals surface area contributed by atoms with E-state index in [0.717, 1.165) is 12.1 Å². The maximum Gasteiger partial charge on any atom is 0.416 e. The summed E-state index contributed by atoms with van der Waals surface area (Å²) < 4.78 is 97.5. The first-order valence-electron chi connectivity index (χ1n) is 9.16. The lowest BCUT2D eigenvalue weighted by Gasteiger charge is -2.33. The van der Waals surface area contributed by atoms with E-state index in [1.807, 2.05) is 0 Å². The van der Waals surface area contributed by atoms with E-state index in [1.165, 1.54) is 19.1 Å². The number of halogens is 7. The number of alkyl halides is 6. The van der Waals surface area contributed by atoms with E-state index in [-0.39, 0.29) is 11.6 Å². The molecule has 32 heavy (non-hydrogen) atoms.